The number of hydrogen-bond donors (Lipinski definition) is 2. The number of hydrogen-bond acceptors (Lipinski definition) is 3. The van der Waals surface area contributed by atoms with Crippen LogP contribution in [0.15, 0.2) is 6.20 Å². The molecule has 15 heavy (non-hydrogen) atoms. The van der Waals surface area contributed by atoms with E-state index < -0.39 is 0 Å². The van der Waals surface area contributed by atoms with E-state index in [-0.39, 0.29) is 5.60 Å². The van der Waals surface area contributed by atoms with Gasteiger partial charge in [-0.15, -0.1) is 0 Å². The van der Waals surface area contributed by atoms with Gasteiger partial charge in [-0.2, -0.15) is 0 Å². The molecule has 1 aliphatic carbocycles. The topological polar surface area (TPSA) is 63.9 Å². The van der Waals surface area contributed by atoms with Crippen LogP contribution in [0.1, 0.15) is 43.6 Å². The van der Waals surface area contributed by atoms with Gasteiger partial charge in [-0.1, -0.05) is 19.3 Å². The first kappa shape index (κ1) is 10.6. The van der Waals surface area contributed by atoms with Crippen molar-refractivity contribution in [3.05, 3.63) is 17.7 Å². The third-order valence-electron chi connectivity index (χ3n) is 3.33. The molecule has 4 nitrogen and oxygen atoms in total. The van der Waals surface area contributed by atoms with E-state index in [1.807, 2.05) is 6.20 Å². The van der Waals surface area contributed by atoms with Crippen LogP contribution in [0.4, 0.5) is 0 Å². The number of methoxy groups -OCH3 is 1. The van der Waals surface area contributed by atoms with E-state index in [2.05, 4.69) is 9.97 Å². The van der Waals surface area contributed by atoms with E-state index in [1.54, 1.807) is 7.11 Å². The molecule has 0 saturated heterocycles. The first-order valence-corrected chi connectivity index (χ1v) is 5.60. The van der Waals surface area contributed by atoms with Crippen LogP contribution in [-0.2, 0) is 16.9 Å². The zero-order chi connectivity index (χ0) is 10.7. The van der Waals surface area contributed by atoms with E-state index >= 15 is 0 Å². The van der Waals surface area contributed by atoms with Gasteiger partial charge in [0.25, 0.3) is 0 Å². The molecule has 0 spiro atoms. The highest BCUT2D eigenvalue weighted by Crippen LogP contribution is 2.38. The van der Waals surface area contributed by atoms with Crippen molar-refractivity contribution in [3.8, 4) is 0 Å². The van der Waals surface area contributed by atoms with Crippen LogP contribution >= 0.6 is 0 Å². The van der Waals surface area contributed by atoms with Gasteiger partial charge >= 0.3 is 0 Å². The van der Waals surface area contributed by atoms with E-state index in [4.69, 9.17) is 10.5 Å². The maximum Gasteiger partial charge on any atom is 0.138 e. The van der Waals surface area contributed by atoms with Gasteiger partial charge < -0.3 is 15.5 Å². The molecule has 0 bridgehead atoms. The normalized spacial score (nSPS) is 20.4. The molecule has 1 heterocycles. The van der Waals surface area contributed by atoms with Gasteiger partial charge in [0, 0.05) is 25.5 Å². The van der Waals surface area contributed by atoms with Crippen molar-refractivity contribution < 1.29 is 4.74 Å². The van der Waals surface area contributed by atoms with Gasteiger partial charge in [-0.05, 0) is 12.8 Å². The number of aromatic nitrogens is 2. The van der Waals surface area contributed by atoms with E-state index in [9.17, 15) is 0 Å². The predicted molar refractivity (Wildman–Crippen MR) is 58.3 cm³/mol. The Morgan fingerprint density at radius 2 is 2.20 bits per heavy atom. The molecule has 0 amide bonds. The second-order valence-corrected chi connectivity index (χ2v) is 4.22. The number of nitrogens with two attached hydrogens (primary N) is 1. The Labute approximate surface area is 90.2 Å². The third kappa shape index (κ3) is 1.92. The summed E-state index contributed by atoms with van der Waals surface area (Å²) >= 11 is 0. The molecule has 4 heteroatoms. The SMILES string of the molecule is COC1(c2ncc(CN)[nH]2)CCCCC1. The van der Waals surface area contributed by atoms with Crippen LogP contribution in [0, 0.1) is 0 Å². The highest BCUT2D eigenvalue weighted by Gasteiger charge is 2.36. The van der Waals surface area contributed by atoms with Gasteiger partial charge in [0.05, 0.1) is 0 Å². The fourth-order valence-electron chi connectivity index (χ4n) is 2.35. The summed E-state index contributed by atoms with van der Waals surface area (Å²) in [7, 11) is 1.77. The number of nitrogens with zero attached hydrogens (tertiary/aromatic N) is 1. The summed E-state index contributed by atoms with van der Waals surface area (Å²) in [5.41, 5.74) is 6.36. The molecular formula is C11H19N3O. The summed E-state index contributed by atoms with van der Waals surface area (Å²) in [5.74, 6) is 0.949. The first-order chi connectivity index (χ1) is 7.30. The van der Waals surface area contributed by atoms with Crippen molar-refractivity contribution in [2.45, 2.75) is 44.2 Å². The molecular weight excluding hydrogens is 190 g/mol. The molecule has 0 atom stereocenters. The molecule has 0 unspecified atom stereocenters. The van der Waals surface area contributed by atoms with Crippen molar-refractivity contribution >= 4 is 0 Å². The second kappa shape index (κ2) is 4.33. The monoisotopic (exact) mass is 209 g/mol. The fourth-order valence-corrected chi connectivity index (χ4v) is 2.35. The van der Waals surface area contributed by atoms with Gasteiger partial charge in [-0.25, -0.2) is 4.98 Å². The minimum Gasteiger partial charge on any atom is -0.370 e. The number of H-pyrrole nitrogens is 1. The maximum absolute atomic E-state index is 5.69. The minimum atomic E-state index is -0.189. The summed E-state index contributed by atoms with van der Waals surface area (Å²) < 4.78 is 5.69. The molecule has 0 aromatic carbocycles. The van der Waals surface area contributed by atoms with Crippen molar-refractivity contribution in [3.63, 3.8) is 0 Å². The summed E-state index contributed by atoms with van der Waals surface area (Å²) in [6.07, 6.45) is 7.65. The molecule has 1 saturated carbocycles. The zero-order valence-corrected chi connectivity index (χ0v) is 9.25. The van der Waals surface area contributed by atoms with Crippen LogP contribution in [-0.4, -0.2) is 17.1 Å². The largest absolute Gasteiger partial charge is 0.370 e. The molecule has 1 aromatic rings. The highest BCUT2D eigenvalue weighted by molar-refractivity contribution is 5.09. The molecule has 0 radical (unpaired) electrons. The van der Waals surface area contributed by atoms with Crippen molar-refractivity contribution in [1.29, 1.82) is 0 Å². The number of rotatable bonds is 3. The van der Waals surface area contributed by atoms with Crippen molar-refractivity contribution in [2.24, 2.45) is 5.73 Å². The minimum absolute atomic E-state index is 0.189. The quantitative estimate of drug-likeness (QED) is 0.796. The van der Waals surface area contributed by atoms with Gasteiger partial charge in [0.2, 0.25) is 0 Å². The molecule has 1 aliphatic rings. The molecule has 1 fully saturated rings. The first-order valence-electron chi connectivity index (χ1n) is 5.60. The number of nitrogens with one attached hydrogen (secondary N) is 1. The van der Waals surface area contributed by atoms with Crippen molar-refractivity contribution in [2.75, 3.05) is 7.11 Å². The van der Waals surface area contributed by atoms with Crippen LogP contribution in [0.3, 0.4) is 0 Å². The Morgan fingerprint density at radius 3 is 2.73 bits per heavy atom. The van der Waals surface area contributed by atoms with Gasteiger partial charge in [-0.3, -0.25) is 0 Å². The Balaban J connectivity index is 2.24. The molecule has 84 valence electrons. The Hall–Kier alpha value is -0.870. The van der Waals surface area contributed by atoms with E-state index in [0.717, 1.165) is 24.4 Å². The van der Waals surface area contributed by atoms with Gasteiger partial charge in [0.1, 0.15) is 11.4 Å². The molecule has 0 aliphatic heterocycles. The van der Waals surface area contributed by atoms with Crippen molar-refractivity contribution in [1.82, 2.24) is 9.97 Å². The molecule has 1 aromatic heterocycles. The van der Waals surface area contributed by atoms with Crippen LogP contribution < -0.4 is 5.73 Å². The summed E-state index contributed by atoms with van der Waals surface area (Å²) in [6.45, 7) is 0.507. The zero-order valence-electron chi connectivity index (χ0n) is 9.25. The summed E-state index contributed by atoms with van der Waals surface area (Å²) in [4.78, 5) is 7.66. The smallest absolute Gasteiger partial charge is 0.138 e. The second-order valence-electron chi connectivity index (χ2n) is 4.22. The van der Waals surface area contributed by atoms with Crippen LogP contribution in [0.2, 0.25) is 0 Å². The standard InChI is InChI=1S/C11H19N3O/c1-15-11(5-3-2-4-6-11)10-13-8-9(7-12)14-10/h8H,2-7,12H2,1H3,(H,13,14). The lowest BCUT2D eigenvalue weighted by atomic mass is 9.84. The number of ether oxygens (including phenoxy) is 1. The summed E-state index contributed by atoms with van der Waals surface area (Å²) in [5, 5.41) is 0. The fraction of sp³-hybridized carbons (Fsp3) is 0.727. The summed E-state index contributed by atoms with van der Waals surface area (Å²) in [6, 6.07) is 0. The van der Waals surface area contributed by atoms with E-state index in [1.165, 1.54) is 19.3 Å². The van der Waals surface area contributed by atoms with Gasteiger partial charge in [0.15, 0.2) is 0 Å². The Kier molecular flexibility index (Phi) is 3.07. The van der Waals surface area contributed by atoms with Crippen LogP contribution in [0.25, 0.3) is 0 Å². The predicted octanol–water partition coefficient (Wildman–Crippen LogP) is 1.67. The molecule has 2 rings (SSSR count). The van der Waals surface area contributed by atoms with Crippen LogP contribution in [0.5, 0.6) is 0 Å². The highest BCUT2D eigenvalue weighted by atomic mass is 16.5. The molecule has 3 N–H and O–H groups in total. The average Bonchev–Trinajstić information content (AvgIpc) is 2.79. The number of imidazole rings is 1. The lowest BCUT2D eigenvalue weighted by molar-refractivity contribution is -0.0509. The van der Waals surface area contributed by atoms with E-state index in [0.29, 0.717) is 6.54 Å². The Morgan fingerprint density at radius 1 is 1.47 bits per heavy atom. The maximum atomic E-state index is 5.69. The lowest BCUT2D eigenvalue weighted by Gasteiger charge is -2.34. The average molecular weight is 209 g/mol. The number of aromatic amines is 1. The third-order valence-corrected chi connectivity index (χ3v) is 3.33. The lowest BCUT2D eigenvalue weighted by Crippen LogP contribution is -2.32. The Bertz CT molecular complexity index is 315.